The molecule has 0 atom stereocenters. The highest BCUT2D eigenvalue weighted by atomic mass is 35.5. The van der Waals surface area contributed by atoms with Gasteiger partial charge in [0.25, 0.3) is 0 Å². The number of amides is 1. The van der Waals surface area contributed by atoms with Crippen LogP contribution >= 0.6 is 11.6 Å². The highest BCUT2D eigenvalue weighted by Crippen LogP contribution is 2.21. The van der Waals surface area contributed by atoms with E-state index in [0.29, 0.717) is 42.5 Å². The number of hydrogen-bond acceptors (Lipinski definition) is 4. The lowest BCUT2D eigenvalue weighted by molar-refractivity contribution is -0.111. The largest absolute Gasteiger partial charge is 0.493 e. The highest BCUT2D eigenvalue weighted by molar-refractivity contribution is 6.31. The molecular formula is C25H25ClN4O2. The molecule has 0 fully saturated rings. The van der Waals surface area contributed by atoms with Gasteiger partial charge in [0.1, 0.15) is 5.75 Å². The predicted octanol–water partition coefficient (Wildman–Crippen LogP) is 5.54. The highest BCUT2D eigenvalue weighted by Gasteiger charge is 2.11. The van der Waals surface area contributed by atoms with Crippen molar-refractivity contribution in [3.8, 4) is 11.8 Å². The Balaban J connectivity index is 1.64. The fraction of sp³-hybridized carbons (Fsp3) is 0.240. The summed E-state index contributed by atoms with van der Waals surface area (Å²) in [6, 6.07) is 17.0. The van der Waals surface area contributed by atoms with E-state index in [1.807, 2.05) is 54.9 Å². The van der Waals surface area contributed by atoms with Gasteiger partial charge in [0.05, 0.1) is 24.9 Å². The summed E-state index contributed by atoms with van der Waals surface area (Å²) in [5.41, 5.74) is 4.33. The molecule has 0 saturated carbocycles. The van der Waals surface area contributed by atoms with Crippen molar-refractivity contribution in [2.45, 2.75) is 33.2 Å². The van der Waals surface area contributed by atoms with Crippen molar-refractivity contribution >= 4 is 29.3 Å². The summed E-state index contributed by atoms with van der Waals surface area (Å²) in [5, 5.41) is 16.7. The molecule has 0 aliphatic heterocycles. The number of rotatable bonds is 9. The van der Waals surface area contributed by atoms with Crippen LogP contribution in [0.25, 0.3) is 6.08 Å². The average Bonchev–Trinajstić information content (AvgIpc) is 3.04. The van der Waals surface area contributed by atoms with Crippen LogP contribution in [0.1, 0.15) is 35.4 Å². The molecule has 0 radical (unpaired) electrons. The Morgan fingerprint density at radius 1 is 1.25 bits per heavy atom. The monoisotopic (exact) mass is 448 g/mol. The number of anilines is 1. The minimum Gasteiger partial charge on any atom is -0.493 e. The molecule has 0 saturated heterocycles. The topological polar surface area (TPSA) is 79.9 Å². The summed E-state index contributed by atoms with van der Waals surface area (Å²) in [6.45, 7) is 4.91. The Morgan fingerprint density at radius 3 is 2.84 bits per heavy atom. The molecule has 1 heterocycles. The van der Waals surface area contributed by atoms with Crippen molar-refractivity contribution < 1.29 is 9.53 Å². The number of carbonyl (C=O) groups is 1. The lowest BCUT2D eigenvalue weighted by Gasteiger charge is -2.08. The summed E-state index contributed by atoms with van der Waals surface area (Å²) in [7, 11) is 0. The van der Waals surface area contributed by atoms with E-state index in [1.54, 1.807) is 18.2 Å². The van der Waals surface area contributed by atoms with E-state index in [9.17, 15) is 4.79 Å². The summed E-state index contributed by atoms with van der Waals surface area (Å²) < 4.78 is 7.50. The first-order valence-electron chi connectivity index (χ1n) is 10.3. The molecule has 3 aromatic rings. The lowest BCUT2D eigenvalue weighted by Crippen LogP contribution is -2.08. The third-order valence-electron chi connectivity index (χ3n) is 4.92. The summed E-state index contributed by atoms with van der Waals surface area (Å²) in [6.07, 6.45) is 4.39. The van der Waals surface area contributed by atoms with Gasteiger partial charge in [-0.1, -0.05) is 35.9 Å². The van der Waals surface area contributed by atoms with E-state index in [0.717, 1.165) is 22.5 Å². The van der Waals surface area contributed by atoms with Gasteiger partial charge in [-0.05, 0) is 50.1 Å². The first-order chi connectivity index (χ1) is 15.5. The number of hydrogen-bond donors (Lipinski definition) is 1. The van der Waals surface area contributed by atoms with Crippen molar-refractivity contribution in [1.29, 1.82) is 5.26 Å². The molecule has 0 unspecified atom stereocenters. The van der Waals surface area contributed by atoms with Crippen LogP contribution in [0.5, 0.6) is 5.75 Å². The van der Waals surface area contributed by atoms with Crippen molar-refractivity contribution in [1.82, 2.24) is 9.78 Å². The first kappa shape index (κ1) is 23.1. The van der Waals surface area contributed by atoms with Crippen LogP contribution in [0.15, 0.2) is 54.6 Å². The number of aryl methyl sites for hydroxylation is 1. The Labute approximate surface area is 193 Å². The summed E-state index contributed by atoms with van der Waals surface area (Å²) >= 11 is 6.28. The van der Waals surface area contributed by atoms with Crippen LogP contribution in [0, 0.1) is 25.2 Å². The number of nitrogens with zero attached hydrogens (tertiary/aromatic N) is 3. The molecule has 0 spiro atoms. The Morgan fingerprint density at radius 2 is 2.06 bits per heavy atom. The molecule has 1 amide bonds. The van der Waals surface area contributed by atoms with Crippen LogP contribution in [0.3, 0.4) is 0 Å². The molecule has 0 aliphatic rings. The maximum Gasteiger partial charge on any atom is 0.248 e. The third kappa shape index (κ3) is 6.22. The number of unbranched alkanes of at least 4 members (excludes halogenated alkanes) is 1. The number of nitrogens with one attached hydrogen (secondary N) is 1. The second kappa shape index (κ2) is 11.2. The van der Waals surface area contributed by atoms with Gasteiger partial charge >= 0.3 is 0 Å². The van der Waals surface area contributed by atoms with E-state index >= 15 is 0 Å². The first-order valence-corrected chi connectivity index (χ1v) is 10.7. The van der Waals surface area contributed by atoms with Gasteiger partial charge in [-0.2, -0.15) is 10.4 Å². The molecule has 3 rings (SSSR count). The Bertz CT molecular complexity index is 1160. The zero-order valence-electron chi connectivity index (χ0n) is 18.1. The molecule has 0 bridgehead atoms. The van der Waals surface area contributed by atoms with Gasteiger partial charge in [0.2, 0.25) is 5.91 Å². The van der Waals surface area contributed by atoms with Gasteiger partial charge in [-0.15, -0.1) is 0 Å². The number of aromatic nitrogens is 2. The molecular weight excluding hydrogens is 424 g/mol. The minimum atomic E-state index is -0.246. The van der Waals surface area contributed by atoms with Crippen molar-refractivity contribution in [3.63, 3.8) is 0 Å². The van der Waals surface area contributed by atoms with E-state index in [4.69, 9.17) is 21.6 Å². The maximum absolute atomic E-state index is 12.4. The maximum atomic E-state index is 12.4. The molecule has 0 aliphatic carbocycles. The zero-order chi connectivity index (χ0) is 22.9. The molecule has 2 aromatic carbocycles. The van der Waals surface area contributed by atoms with E-state index in [2.05, 4.69) is 16.5 Å². The normalized spacial score (nSPS) is 10.8. The number of halogens is 1. The number of ether oxygens (including phenoxy) is 1. The van der Waals surface area contributed by atoms with Gasteiger partial charge in [0.15, 0.2) is 0 Å². The number of nitriles is 1. The number of benzene rings is 2. The van der Waals surface area contributed by atoms with Crippen molar-refractivity contribution in [3.05, 3.63) is 82.1 Å². The standard InChI is InChI=1S/C25H25ClN4O2/c1-18-23(19(2)30(29-18)17-20-8-3-4-11-24(20)26)12-13-25(31)28-21-9-7-10-22(16-21)32-15-6-5-14-27/h3-4,7-13,16H,5-6,15,17H2,1-2H3,(H,28,31). The van der Waals surface area contributed by atoms with Crippen LogP contribution in [0.4, 0.5) is 5.69 Å². The van der Waals surface area contributed by atoms with E-state index < -0.39 is 0 Å². The quantitative estimate of drug-likeness (QED) is 0.344. The van der Waals surface area contributed by atoms with Crippen LogP contribution in [-0.4, -0.2) is 22.3 Å². The smallest absolute Gasteiger partial charge is 0.248 e. The fourth-order valence-electron chi connectivity index (χ4n) is 3.24. The van der Waals surface area contributed by atoms with Gasteiger partial charge < -0.3 is 10.1 Å². The predicted molar refractivity (Wildman–Crippen MR) is 127 cm³/mol. The fourth-order valence-corrected chi connectivity index (χ4v) is 3.44. The molecule has 7 heteroatoms. The molecule has 1 N–H and O–H groups in total. The summed E-state index contributed by atoms with van der Waals surface area (Å²) in [4.78, 5) is 12.4. The summed E-state index contributed by atoms with van der Waals surface area (Å²) in [5.74, 6) is 0.404. The Kier molecular flexibility index (Phi) is 8.07. The second-order valence-electron chi connectivity index (χ2n) is 7.29. The van der Waals surface area contributed by atoms with Crippen LogP contribution in [0.2, 0.25) is 5.02 Å². The van der Waals surface area contributed by atoms with Crippen molar-refractivity contribution in [2.24, 2.45) is 0 Å². The zero-order valence-corrected chi connectivity index (χ0v) is 18.9. The van der Waals surface area contributed by atoms with E-state index in [1.165, 1.54) is 6.08 Å². The number of carbonyl (C=O) groups excluding carboxylic acids is 1. The van der Waals surface area contributed by atoms with Gasteiger partial charge in [-0.3, -0.25) is 9.48 Å². The molecule has 164 valence electrons. The molecule has 6 nitrogen and oxygen atoms in total. The van der Waals surface area contributed by atoms with Gasteiger partial charge in [-0.25, -0.2) is 0 Å². The third-order valence-corrected chi connectivity index (χ3v) is 5.29. The van der Waals surface area contributed by atoms with Crippen LogP contribution < -0.4 is 10.1 Å². The van der Waals surface area contributed by atoms with Crippen LogP contribution in [-0.2, 0) is 11.3 Å². The Hall–Kier alpha value is -3.56. The van der Waals surface area contributed by atoms with E-state index in [-0.39, 0.29) is 5.91 Å². The van der Waals surface area contributed by atoms with Gasteiger partial charge in [0, 0.05) is 40.5 Å². The minimum absolute atomic E-state index is 0.246. The lowest BCUT2D eigenvalue weighted by atomic mass is 10.1. The SMILES string of the molecule is Cc1nn(Cc2ccccc2Cl)c(C)c1C=CC(=O)Nc1cccc(OCCCC#N)c1. The van der Waals surface area contributed by atoms with Crippen molar-refractivity contribution in [2.75, 3.05) is 11.9 Å². The molecule has 1 aromatic heterocycles. The average molecular weight is 449 g/mol. The second-order valence-corrected chi connectivity index (χ2v) is 7.70. The molecule has 32 heavy (non-hydrogen) atoms.